The molecule has 18 heavy (non-hydrogen) atoms. The fraction of sp³-hybridized carbons (Fsp3) is 0.750. The van der Waals surface area contributed by atoms with Crippen molar-refractivity contribution < 1.29 is 14.4 Å². The summed E-state index contributed by atoms with van der Waals surface area (Å²) in [7, 11) is 0. The Kier molecular flexibility index (Phi) is 3.96. The van der Waals surface area contributed by atoms with Gasteiger partial charge in [0.1, 0.15) is 0 Å². The molecule has 0 saturated carbocycles. The molecule has 6 heteroatoms. The van der Waals surface area contributed by atoms with Gasteiger partial charge in [-0.05, 0) is 0 Å². The van der Waals surface area contributed by atoms with Crippen molar-refractivity contribution in [3.05, 3.63) is 0 Å². The zero-order chi connectivity index (χ0) is 13.1. The third-order valence-electron chi connectivity index (χ3n) is 3.49. The molecule has 0 aromatic rings. The smallest absolute Gasteiger partial charge is 0.232 e. The molecule has 0 spiro atoms. The number of nitrogens with zero attached hydrogens (tertiary/aromatic N) is 2. The average molecular weight is 253 g/mol. The fourth-order valence-corrected chi connectivity index (χ4v) is 2.36. The van der Waals surface area contributed by atoms with Gasteiger partial charge in [0, 0.05) is 51.5 Å². The Balaban J connectivity index is 1.82. The minimum Gasteiger partial charge on any atom is -0.340 e. The van der Waals surface area contributed by atoms with E-state index in [1.165, 1.54) is 4.90 Å². The molecule has 2 rings (SSSR count). The standard InChI is InChI=1S/C12H19N3O3/c1-9-8-11(17)15(12(9)18)5-2-10(16)14-6-3-13-4-7-14/h9,13H,2-8H2,1H3. The van der Waals surface area contributed by atoms with Crippen LogP contribution in [0.3, 0.4) is 0 Å². The van der Waals surface area contributed by atoms with E-state index in [0.717, 1.165) is 13.1 Å². The summed E-state index contributed by atoms with van der Waals surface area (Å²) in [5.74, 6) is -0.503. The number of hydrogen-bond donors (Lipinski definition) is 1. The summed E-state index contributed by atoms with van der Waals surface area (Å²) in [6.45, 7) is 5.01. The molecule has 2 aliphatic rings. The van der Waals surface area contributed by atoms with Gasteiger partial charge < -0.3 is 10.2 Å². The lowest BCUT2D eigenvalue weighted by molar-refractivity contribution is -0.140. The molecule has 3 amide bonds. The Bertz CT molecular complexity index is 364. The molecule has 1 unspecified atom stereocenters. The van der Waals surface area contributed by atoms with Gasteiger partial charge in [-0.2, -0.15) is 0 Å². The van der Waals surface area contributed by atoms with Gasteiger partial charge in [0.15, 0.2) is 0 Å². The van der Waals surface area contributed by atoms with Gasteiger partial charge in [0.2, 0.25) is 17.7 Å². The van der Waals surface area contributed by atoms with Crippen molar-refractivity contribution in [2.75, 3.05) is 32.7 Å². The molecule has 6 nitrogen and oxygen atoms in total. The van der Waals surface area contributed by atoms with Crippen molar-refractivity contribution in [1.82, 2.24) is 15.1 Å². The maximum absolute atomic E-state index is 11.9. The van der Waals surface area contributed by atoms with Crippen LogP contribution in [0.1, 0.15) is 19.8 Å². The summed E-state index contributed by atoms with van der Waals surface area (Å²) >= 11 is 0. The molecule has 2 heterocycles. The highest BCUT2D eigenvalue weighted by Gasteiger charge is 2.35. The normalized spacial score (nSPS) is 24.8. The van der Waals surface area contributed by atoms with Crippen LogP contribution in [0, 0.1) is 5.92 Å². The van der Waals surface area contributed by atoms with E-state index < -0.39 is 0 Å². The first-order chi connectivity index (χ1) is 8.59. The third-order valence-corrected chi connectivity index (χ3v) is 3.49. The van der Waals surface area contributed by atoms with Gasteiger partial charge in [0.25, 0.3) is 0 Å². The summed E-state index contributed by atoms with van der Waals surface area (Å²) in [6, 6.07) is 0. The number of carbonyl (C=O) groups is 3. The number of carbonyl (C=O) groups excluding carboxylic acids is 3. The summed E-state index contributed by atoms with van der Waals surface area (Å²) in [5.41, 5.74) is 0. The van der Waals surface area contributed by atoms with Gasteiger partial charge in [-0.1, -0.05) is 6.92 Å². The van der Waals surface area contributed by atoms with Gasteiger partial charge in [-0.3, -0.25) is 19.3 Å². The van der Waals surface area contributed by atoms with Crippen molar-refractivity contribution >= 4 is 17.7 Å². The number of nitrogens with one attached hydrogen (secondary N) is 1. The molecule has 0 aromatic heterocycles. The maximum atomic E-state index is 11.9. The van der Waals surface area contributed by atoms with Crippen LogP contribution < -0.4 is 5.32 Å². The average Bonchev–Trinajstić information content (AvgIpc) is 2.62. The zero-order valence-corrected chi connectivity index (χ0v) is 10.6. The maximum Gasteiger partial charge on any atom is 0.232 e. The zero-order valence-electron chi connectivity index (χ0n) is 10.6. The second-order valence-corrected chi connectivity index (χ2v) is 4.87. The van der Waals surface area contributed by atoms with Crippen LogP contribution in [-0.4, -0.2) is 60.2 Å². The van der Waals surface area contributed by atoms with E-state index in [-0.39, 0.29) is 43.0 Å². The highest BCUT2D eigenvalue weighted by Crippen LogP contribution is 2.18. The van der Waals surface area contributed by atoms with Crippen molar-refractivity contribution in [3.63, 3.8) is 0 Å². The summed E-state index contributed by atoms with van der Waals surface area (Å²) < 4.78 is 0. The highest BCUT2D eigenvalue weighted by molar-refractivity contribution is 6.03. The first kappa shape index (κ1) is 13.0. The number of hydrogen-bond acceptors (Lipinski definition) is 4. The Morgan fingerprint density at radius 3 is 2.56 bits per heavy atom. The molecule has 2 fully saturated rings. The summed E-state index contributed by atoms with van der Waals surface area (Å²) in [5, 5.41) is 3.17. The molecular formula is C12H19N3O3. The molecule has 0 radical (unpaired) electrons. The minimum absolute atomic E-state index is 0.0247. The van der Waals surface area contributed by atoms with E-state index in [4.69, 9.17) is 0 Å². The van der Waals surface area contributed by atoms with E-state index >= 15 is 0 Å². The van der Waals surface area contributed by atoms with Crippen LogP contribution in [-0.2, 0) is 14.4 Å². The lowest BCUT2D eigenvalue weighted by Gasteiger charge is -2.28. The molecular weight excluding hydrogens is 234 g/mol. The first-order valence-electron chi connectivity index (χ1n) is 6.42. The molecule has 0 bridgehead atoms. The van der Waals surface area contributed by atoms with Crippen molar-refractivity contribution in [2.24, 2.45) is 5.92 Å². The number of imide groups is 1. The van der Waals surface area contributed by atoms with E-state index in [9.17, 15) is 14.4 Å². The van der Waals surface area contributed by atoms with Gasteiger partial charge in [0.05, 0.1) is 0 Å². The summed E-state index contributed by atoms with van der Waals surface area (Å²) in [4.78, 5) is 38.1. The van der Waals surface area contributed by atoms with Crippen LogP contribution in [0.15, 0.2) is 0 Å². The van der Waals surface area contributed by atoms with E-state index in [1.807, 2.05) is 0 Å². The SMILES string of the molecule is CC1CC(=O)N(CCC(=O)N2CCNCC2)C1=O. The predicted octanol–water partition coefficient (Wildman–Crippen LogP) is -0.797. The molecule has 0 aromatic carbocycles. The molecule has 1 N–H and O–H groups in total. The Hall–Kier alpha value is -1.43. The lowest BCUT2D eigenvalue weighted by atomic mass is 10.1. The molecule has 1 atom stereocenters. The third kappa shape index (κ3) is 2.69. The number of likely N-dealkylation sites (tertiary alicyclic amines) is 1. The Morgan fingerprint density at radius 2 is 2.00 bits per heavy atom. The minimum atomic E-state index is -0.230. The molecule has 100 valence electrons. The number of amides is 3. The van der Waals surface area contributed by atoms with Crippen LogP contribution in [0.25, 0.3) is 0 Å². The predicted molar refractivity (Wildman–Crippen MR) is 64.6 cm³/mol. The van der Waals surface area contributed by atoms with Crippen LogP contribution in [0.2, 0.25) is 0 Å². The van der Waals surface area contributed by atoms with Gasteiger partial charge >= 0.3 is 0 Å². The van der Waals surface area contributed by atoms with E-state index in [1.54, 1.807) is 11.8 Å². The van der Waals surface area contributed by atoms with Crippen molar-refractivity contribution in [1.29, 1.82) is 0 Å². The van der Waals surface area contributed by atoms with Gasteiger partial charge in [-0.25, -0.2) is 0 Å². The monoisotopic (exact) mass is 253 g/mol. The summed E-state index contributed by atoms with van der Waals surface area (Å²) in [6.07, 6.45) is 0.519. The van der Waals surface area contributed by atoms with Crippen LogP contribution in [0.4, 0.5) is 0 Å². The Labute approximate surface area is 106 Å². The second kappa shape index (κ2) is 5.48. The van der Waals surface area contributed by atoms with E-state index in [0.29, 0.717) is 13.1 Å². The number of rotatable bonds is 3. The van der Waals surface area contributed by atoms with E-state index in [2.05, 4.69) is 5.32 Å². The Morgan fingerprint density at radius 1 is 1.33 bits per heavy atom. The van der Waals surface area contributed by atoms with Crippen molar-refractivity contribution in [2.45, 2.75) is 19.8 Å². The molecule has 2 aliphatic heterocycles. The quantitative estimate of drug-likeness (QED) is 0.669. The van der Waals surface area contributed by atoms with Crippen molar-refractivity contribution in [3.8, 4) is 0 Å². The number of piperazine rings is 1. The molecule has 2 saturated heterocycles. The topological polar surface area (TPSA) is 69.7 Å². The van der Waals surface area contributed by atoms with Crippen LogP contribution in [0.5, 0.6) is 0 Å². The fourth-order valence-electron chi connectivity index (χ4n) is 2.36. The second-order valence-electron chi connectivity index (χ2n) is 4.87. The van der Waals surface area contributed by atoms with Gasteiger partial charge in [-0.15, -0.1) is 0 Å². The first-order valence-corrected chi connectivity index (χ1v) is 6.42. The molecule has 0 aliphatic carbocycles. The lowest BCUT2D eigenvalue weighted by Crippen LogP contribution is -2.47. The highest BCUT2D eigenvalue weighted by atomic mass is 16.2. The van der Waals surface area contributed by atoms with Crippen LogP contribution >= 0.6 is 0 Å². The largest absolute Gasteiger partial charge is 0.340 e.